The zero-order valence-corrected chi connectivity index (χ0v) is 33.4. The molecule has 4 aromatic rings. The van der Waals surface area contributed by atoms with Gasteiger partial charge in [0.1, 0.15) is 6.15 Å². The van der Waals surface area contributed by atoms with Crippen LogP contribution in [-0.2, 0) is 0 Å². The zero-order valence-electron chi connectivity index (χ0n) is 30.4. The van der Waals surface area contributed by atoms with Gasteiger partial charge < -0.3 is 4.48 Å². The molecule has 0 unspecified atom stereocenters. The summed E-state index contributed by atoms with van der Waals surface area (Å²) in [7, 11) is 6.88. The molecule has 0 heterocycles. The Hall–Kier alpha value is -1.94. The average Bonchev–Trinajstić information content (AvgIpc) is 3.08. The summed E-state index contributed by atoms with van der Waals surface area (Å²) in [6.07, 6.45) is 18.9. The molecule has 4 aromatic carbocycles. The summed E-state index contributed by atoms with van der Waals surface area (Å²) in [6.45, 7) is 3.63. The van der Waals surface area contributed by atoms with Crippen molar-refractivity contribution in [3.05, 3.63) is 117 Å². The molecule has 0 amide bonds. The topological polar surface area (TPSA) is 0 Å². The second-order valence-corrected chi connectivity index (χ2v) is 16.4. The third-order valence-electron chi connectivity index (χ3n) is 9.66. The number of halogens is 4. The minimum Gasteiger partial charge on any atom is -0.331 e. The van der Waals surface area contributed by atoms with Crippen molar-refractivity contribution in [2.75, 3.05) is 27.7 Å². The highest BCUT2D eigenvalue weighted by Gasteiger charge is 2.31. The maximum atomic E-state index is 6.22. The van der Waals surface area contributed by atoms with E-state index in [-0.39, 0.29) is 0 Å². The third-order valence-corrected chi connectivity index (χ3v) is 10.7. The van der Waals surface area contributed by atoms with Gasteiger partial charge in [0.2, 0.25) is 0 Å². The van der Waals surface area contributed by atoms with Crippen LogP contribution in [0.4, 0.5) is 0 Å². The van der Waals surface area contributed by atoms with Crippen LogP contribution in [0.3, 0.4) is 0 Å². The number of rotatable bonds is 19. The van der Waals surface area contributed by atoms with Crippen LogP contribution < -0.4 is 21.9 Å². The highest BCUT2D eigenvalue weighted by molar-refractivity contribution is 7.19. The average molecular weight is 742 g/mol. The van der Waals surface area contributed by atoms with E-state index >= 15 is 0 Å². The number of hydrogen-bond donors (Lipinski definition) is 0. The van der Waals surface area contributed by atoms with Gasteiger partial charge in [-0.05, 0) is 61.4 Å². The molecule has 0 fully saturated rings. The maximum absolute atomic E-state index is 6.22. The number of nitrogens with zero attached hydrogens (tertiary/aromatic N) is 1. The first-order valence-corrected chi connectivity index (χ1v) is 20.1. The summed E-state index contributed by atoms with van der Waals surface area (Å²) in [5.74, 6) is 0. The van der Waals surface area contributed by atoms with E-state index in [1.54, 1.807) is 0 Å². The Kier molecular flexibility index (Phi) is 18.7. The van der Waals surface area contributed by atoms with Gasteiger partial charge in [-0.25, -0.2) is 0 Å². The van der Waals surface area contributed by atoms with Gasteiger partial charge in [0, 0.05) is 20.1 Å². The lowest BCUT2D eigenvalue weighted by atomic mass is 9.13. The van der Waals surface area contributed by atoms with Crippen LogP contribution in [0.15, 0.2) is 97.1 Å². The Bertz CT molecular complexity index is 1260. The molecular weight excluding hydrogens is 683 g/mol. The van der Waals surface area contributed by atoms with Crippen LogP contribution in [0.25, 0.3) is 0 Å². The van der Waals surface area contributed by atoms with E-state index in [9.17, 15) is 0 Å². The molecule has 266 valence electrons. The van der Waals surface area contributed by atoms with Gasteiger partial charge >= 0.3 is 0 Å². The Labute approximate surface area is 318 Å². The second-order valence-electron chi connectivity index (χ2n) is 14.7. The van der Waals surface area contributed by atoms with Crippen LogP contribution in [0.5, 0.6) is 0 Å². The molecule has 6 heteroatoms. The largest absolute Gasteiger partial charge is 0.331 e. The number of unbranched alkanes of at least 4 members (excludes halogenated alkanes) is 13. The summed E-state index contributed by atoms with van der Waals surface area (Å²) >= 11 is 24.9. The summed E-state index contributed by atoms with van der Waals surface area (Å²) in [5, 5.41) is 2.78. The smallest absolute Gasteiger partial charge is 0.108 e. The Morgan fingerprint density at radius 1 is 0.367 bits per heavy atom. The molecular formula is C43H58BCl4N. The molecule has 0 N–H and O–H groups in total. The van der Waals surface area contributed by atoms with Crippen LogP contribution in [-0.4, -0.2) is 38.3 Å². The normalized spacial score (nSPS) is 11.7. The number of benzene rings is 4. The number of quaternary nitrogens is 1. The Balaban J connectivity index is 0.000000288. The molecule has 0 saturated heterocycles. The van der Waals surface area contributed by atoms with E-state index in [0.717, 1.165) is 26.3 Å². The molecule has 0 aliphatic rings. The predicted octanol–water partition coefficient (Wildman–Crippen LogP) is 11.9. The van der Waals surface area contributed by atoms with Gasteiger partial charge in [-0.3, -0.25) is 0 Å². The highest BCUT2D eigenvalue weighted by atomic mass is 35.5. The van der Waals surface area contributed by atoms with Crippen molar-refractivity contribution in [3.63, 3.8) is 0 Å². The maximum Gasteiger partial charge on any atom is 0.108 e. The first kappa shape index (κ1) is 41.5. The van der Waals surface area contributed by atoms with Gasteiger partial charge in [-0.15, -0.1) is 0 Å². The molecule has 49 heavy (non-hydrogen) atoms. The minimum atomic E-state index is -1.51. The third kappa shape index (κ3) is 14.3. The summed E-state index contributed by atoms with van der Waals surface area (Å²) in [4.78, 5) is 0. The quantitative estimate of drug-likeness (QED) is 0.0510. The fourth-order valence-corrected chi connectivity index (χ4v) is 7.45. The van der Waals surface area contributed by atoms with Gasteiger partial charge in [0.15, 0.2) is 0 Å². The van der Waals surface area contributed by atoms with E-state index in [4.69, 9.17) is 46.4 Å². The molecule has 0 radical (unpaired) electrons. The highest BCUT2D eigenvalue weighted by Crippen LogP contribution is 2.17. The second kappa shape index (κ2) is 22.1. The summed E-state index contributed by atoms with van der Waals surface area (Å²) < 4.78 is 1.12. The Morgan fingerprint density at radius 2 is 0.592 bits per heavy atom. The van der Waals surface area contributed by atoms with Crippen molar-refractivity contribution in [2.24, 2.45) is 0 Å². The number of hydrogen-bond acceptors (Lipinski definition) is 0. The molecule has 0 spiro atoms. The van der Waals surface area contributed by atoms with Crippen molar-refractivity contribution in [2.45, 2.75) is 96.8 Å². The lowest BCUT2D eigenvalue weighted by molar-refractivity contribution is -0.870. The lowest BCUT2D eigenvalue weighted by Crippen LogP contribution is -2.74. The first-order valence-electron chi connectivity index (χ1n) is 18.6. The summed E-state index contributed by atoms with van der Waals surface area (Å²) in [5.41, 5.74) is 4.56. The molecule has 0 aliphatic carbocycles. The summed E-state index contributed by atoms with van der Waals surface area (Å²) in [6, 6.07) is 32.1. The molecule has 1 nitrogen and oxygen atoms in total. The first-order chi connectivity index (χ1) is 23.6. The van der Waals surface area contributed by atoms with Gasteiger partial charge in [0.25, 0.3) is 0 Å². The van der Waals surface area contributed by atoms with Gasteiger partial charge in [-0.2, -0.15) is 21.9 Å². The zero-order chi connectivity index (χ0) is 35.5. The fraction of sp³-hybridized carbons (Fsp3) is 0.442. The van der Waals surface area contributed by atoms with Crippen molar-refractivity contribution in [1.29, 1.82) is 0 Å². The molecule has 0 bridgehead atoms. The van der Waals surface area contributed by atoms with Gasteiger partial charge in [0.05, 0.1) is 27.7 Å². The van der Waals surface area contributed by atoms with E-state index in [0.29, 0.717) is 20.1 Å². The standard InChI is InChI=1S/C24H16BCl4.C19H42N/c26-21-9-1-17(2-10-21)25(18-3-11-22(27)12-4-18,19-5-13-23(28)14-6-19)20-7-15-24(29)16-8-20;1-5-6-7-8-9-10-11-12-13-14-15-16-17-18-19-20(2,3)4/h1-16H;5-19H2,1-4H3/q-1;+1. The predicted molar refractivity (Wildman–Crippen MR) is 223 cm³/mol. The Morgan fingerprint density at radius 3 is 0.816 bits per heavy atom. The fourth-order valence-electron chi connectivity index (χ4n) is 6.94. The van der Waals surface area contributed by atoms with Crippen molar-refractivity contribution in [3.8, 4) is 0 Å². The molecule has 4 rings (SSSR count). The molecule has 0 aliphatic heterocycles. The molecule has 0 aromatic heterocycles. The minimum absolute atomic E-state index is 0.696. The van der Waals surface area contributed by atoms with Crippen molar-refractivity contribution in [1.82, 2.24) is 0 Å². The monoisotopic (exact) mass is 739 g/mol. The SMILES string of the molecule is CCCCCCCCCCCCCCCC[N+](C)(C)C.Clc1ccc([B-](c2ccc(Cl)cc2)(c2ccc(Cl)cc2)c2ccc(Cl)cc2)cc1. The van der Waals surface area contributed by atoms with Crippen LogP contribution in [0.1, 0.15) is 96.8 Å². The lowest BCUT2D eigenvalue weighted by Gasteiger charge is -2.44. The molecule has 0 saturated carbocycles. The van der Waals surface area contributed by atoms with E-state index < -0.39 is 6.15 Å². The van der Waals surface area contributed by atoms with Crippen LogP contribution in [0.2, 0.25) is 20.1 Å². The van der Waals surface area contributed by atoms with Crippen LogP contribution >= 0.6 is 46.4 Å². The van der Waals surface area contributed by atoms with Crippen molar-refractivity contribution >= 4 is 74.4 Å². The van der Waals surface area contributed by atoms with E-state index in [1.807, 2.05) is 48.5 Å². The van der Waals surface area contributed by atoms with E-state index in [2.05, 4.69) is 76.6 Å². The molecule has 0 atom stereocenters. The van der Waals surface area contributed by atoms with Gasteiger partial charge in [-0.1, -0.05) is 179 Å². The van der Waals surface area contributed by atoms with Crippen molar-refractivity contribution < 1.29 is 4.48 Å². The van der Waals surface area contributed by atoms with E-state index in [1.165, 1.54) is 96.4 Å². The van der Waals surface area contributed by atoms with Crippen LogP contribution in [0, 0.1) is 0 Å².